The van der Waals surface area contributed by atoms with E-state index in [9.17, 15) is 4.39 Å². The van der Waals surface area contributed by atoms with E-state index in [-0.39, 0.29) is 5.82 Å². The van der Waals surface area contributed by atoms with Gasteiger partial charge in [0.25, 0.3) is 0 Å². The van der Waals surface area contributed by atoms with Crippen LogP contribution in [0.2, 0.25) is 0 Å². The second-order valence-electron chi connectivity index (χ2n) is 4.34. The average Bonchev–Trinajstić information content (AvgIpc) is 2.71. The molecule has 1 heterocycles. The van der Waals surface area contributed by atoms with Gasteiger partial charge in [-0.25, -0.2) is 9.37 Å². The van der Waals surface area contributed by atoms with Crippen molar-refractivity contribution in [2.24, 2.45) is 0 Å². The molecule has 0 aliphatic rings. The predicted octanol–water partition coefficient (Wildman–Crippen LogP) is 3.53. The Hall–Kier alpha value is -1.84. The molecule has 96 valence electrons. The van der Waals surface area contributed by atoms with E-state index in [4.69, 9.17) is 0 Å². The van der Waals surface area contributed by atoms with Crippen LogP contribution in [0.1, 0.15) is 25.5 Å². The minimum Gasteiger partial charge on any atom is -0.355 e. The van der Waals surface area contributed by atoms with Crippen molar-refractivity contribution in [3.8, 4) is 5.69 Å². The maximum absolute atomic E-state index is 13.2. The quantitative estimate of drug-likeness (QED) is 0.819. The molecule has 1 aromatic heterocycles. The van der Waals surface area contributed by atoms with Gasteiger partial charge in [-0.3, -0.25) is 4.57 Å². The lowest BCUT2D eigenvalue weighted by Crippen LogP contribution is -2.07. The van der Waals surface area contributed by atoms with Crippen LogP contribution in [0.25, 0.3) is 5.69 Å². The number of rotatable bonds is 5. The number of aromatic nitrogens is 2. The summed E-state index contributed by atoms with van der Waals surface area (Å²) in [5.74, 6) is 0.532. The van der Waals surface area contributed by atoms with Crippen LogP contribution in [-0.4, -0.2) is 16.1 Å². The molecule has 4 heteroatoms. The number of nitrogens with zero attached hydrogens (tertiary/aromatic N) is 2. The Morgan fingerprint density at radius 2 is 2.22 bits per heavy atom. The first kappa shape index (κ1) is 12.6. The van der Waals surface area contributed by atoms with Crippen molar-refractivity contribution in [1.29, 1.82) is 0 Å². The molecule has 2 aromatic rings. The lowest BCUT2D eigenvalue weighted by Gasteiger charge is -2.09. The fraction of sp³-hybridized carbons (Fsp3) is 0.357. The Kier molecular flexibility index (Phi) is 3.97. The second kappa shape index (κ2) is 5.67. The summed E-state index contributed by atoms with van der Waals surface area (Å²) >= 11 is 0. The van der Waals surface area contributed by atoms with Gasteiger partial charge in [-0.05, 0) is 31.5 Å². The number of nitrogens with one attached hydrogen (secondary N) is 1. The summed E-state index contributed by atoms with van der Waals surface area (Å²) in [7, 11) is 0. The Labute approximate surface area is 107 Å². The molecule has 18 heavy (non-hydrogen) atoms. The first-order chi connectivity index (χ1) is 8.70. The zero-order valence-corrected chi connectivity index (χ0v) is 10.8. The van der Waals surface area contributed by atoms with Crippen LogP contribution in [0.4, 0.5) is 10.3 Å². The van der Waals surface area contributed by atoms with Gasteiger partial charge in [0.1, 0.15) is 5.82 Å². The van der Waals surface area contributed by atoms with Gasteiger partial charge >= 0.3 is 0 Å². The van der Waals surface area contributed by atoms with E-state index in [0.717, 1.165) is 36.7 Å². The first-order valence-electron chi connectivity index (χ1n) is 6.26. The highest BCUT2D eigenvalue weighted by Gasteiger charge is 2.07. The fourth-order valence-electron chi connectivity index (χ4n) is 1.82. The molecule has 0 saturated heterocycles. The van der Waals surface area contributed by atoms with E-state index in [1.807, 2.05) is 23.8 Å². The molecule has 0 atom stereocenters. The summed E-state index contributed by atoms with van der Waals surface area (Å²) in [4.78, 5) is 4.42. The van der Waals surface area contributed by atoms with E-state index in [1.54, 1.807) is 6.07 Å². The molecule has 1 aromatic carbocycles. The minimum absolute atomic E-state index is 0.238. The van der Waals surface area contributed by atoms with Crippen molar-refractivity contribution in [3.05, 3.63) is 42.0 Å². The van der Waals surface area contributed by atoms with Crippen LogP contribution in [-0.2, 0) is 0 Å². The van der Waals surface area contributed by atoms with Gasteiger partial charge in [0.2, 0.25) is 5.95 Å². The Morgan fingerprint density at radius 3 is 2.94 bits per heavy atom. The SMILES string of the molecule is CCCCNc1nc(C)cn1-c1cccc(F)c1. The lowest BCUT2D eigenvalue weighted by molar-refractivity contribution is 0.626. The van der Waals surface area contributed by atoms with Gasteiger partial charge in [0.15, 0.2) is 0 Å². The first-order valence-corrected chi connectivity index (χ1v) is 6.26. The summed E-state index contributed by atoms with van der Waals surface area (Å²) in [6.45, 7) is 4.95. The van der Waals surface area contributed by atoms with E-state index >= 15 is 0 Å². The summed E-state index contributed by atoms with van der Waals surface area (Å²) in [6, 6.07) is 6.52. The molecule has 2 rings (SSSR count). The van der Waals surface area contributed by atoms with Crippen molar-refractivity contribution in [2.75, 3.05) is 11.9 Å². The average molecular weight is 247 g/mol. The molecule has 0 amide bonds. The zero-order chi connectivity index (χ0) is 13.0. The monoisotopic (exact) mass is 247 g/mol. The lowest BCUT2D eigenvalue weighted by atomic mass is 10.3. The van der Waals surface area contributed by atoms with Gasteiger partial charge in [-0.1, -0.05) is 19.4 Å². The third-order valence-electron chi connectivity index (χ3n) is 2.73. The molecule has 0 saturated carbocycles. The van der Waals surface area contributed by atoms with E-state index in [2.05, 4.69) is 17.2 Å². The maximum atomic E-state index is 13.2. The molecule has 1 N–H and O–H groups in total. The molecule has 0 aliphatic heterocycles. The fourth-order valence-corrected chi connectivity index (χ4v) is 1.82. The summed E-state index contributed by atoms with van der Waals surface area (Å²) in [5, 5.41) is 3.28. The third kappa shape index (κ3) is 2.88. The van der Waals surface area contributed by atoms with Crippen LogP contribution in [0.5, 0.6) is 0 Å². The maximum Gasteiger partial charge on any atom is 0.207 e. The van der Waals surface area contributed by atoms with Crippen molar-refractivity contribution in [3.63, 3.8) is 0 Å². The summed E-state index contributed by atoms with van der Waals surface area (Å²) in [5.41, 5.74) is 1.70. The highest BCUT2D eigenvalue weighted by molar-refractivity contribution is 5.43. The van der Waals surface area contributed by atoms with Gasteiger partial charge < -0.3 is 5.32 Å². The van der Waals surface area contributed by atoms with Crippen LogP contribution in [0.15, 0.2) is 30.5 Å². The van der Waals surface area contributed by atoms with Crippen LogP contribution >= 0.6 is 0 Å². The largest absolute Gasteiger partial charge is 0.355 e. The molecular formula is C14H18FN3. The van der Waals surface area contributed by atoms with E-state index < -0.39 is 0 Å². The normalized spacial score (nSPS) is 10.6. The molecule has 3 nitrogen and oxygen atoms in total. The van der Waals surface area contributed by atoms with Crippen LogP contribution in [0.3, 0.4) is 0 Å². The number of aryl methyl sites for hydroxylation is 1. The highest BCUT2D eigenvalue weighted by atomic mass is 19.1. The number of imidazole rings is 1. The Balaban J connectivity index is 2.26. The molecule has 0 spiro atoms. The number of hydrogen-bond acceptors (Lipinski definition) is 2. The molecule has 0 fully saturated rings. The molecular weight excluding hydrogens is 229 g/mol. The molecule has 0 radical (unpaired) electrons. The van der Waals surface area contributed by atoms with Crippen LogP contribution < -0.4 is 5.32 Å². The summed E-state index contributed by atoms with van der Waals surface area (Å²) < 4.78 is 15.1. The second-order valence-corrected chi connectivity index (χ2v) is 4.34. The highest BCUT2D eigenvalue weighted by Crippen LogP contribution is 2.17. The van der Waals surface area contributed by atoms with E-state index in [0.29, 0.717) is 0 Å². The van der Waals surface area contributed by atoms with Gasteiger partial charge in [0.05, 0.1) is 11.4 Å². The van der Waals surface area contributed by atoms with Crippen molar-refractivity contribution < 1.29 is 4.39 Å². The van der Waals surface area contributed by atoms with Crippen molar-refractivity contribution in [2.45, 2.75) is 26.7 Å². The predicted molar refractivity (Wildman–Crippen MR) is 71.7 cm³/mol. The molecule has 0 bridgehead atoms. The Bertz CT molecular complexity index is 520. The number of halogens is 1. The molecule has 0 aliphatic carbocycles. The number of unbranched alkanes of at least 4 members (excludes halogenated alkanes) is 1. The van der Waals surface area contributed by atoms with Gasteiger partial charge in [-0.15, -0.1) is 0 Å². The smallest absolute Gasteiger partial charge is 0.207 e. The van der Waals surface area contributed by atoms with Crippen molar-refractivity contribution in [1.82, 2.24) is 9.55 Å². The third-order valence-corrected chi connectivity index (χ3v) is 2.73. The zero-order valence-electron chi connectivity index (χ0n) is 10.8. The van der Waals surface area contributed by atoms with Crippen molar-refractivity contribution >= 4 is 5.95 Å². The van der Waals surface area contributed by atoms with Crippen LogP contribution in [0, 0.1) is 12.7 Å². The topological polar surface area (TPSA) is 29.9 Å². The van der Waals surface area contributed by atoms with E-state index in [1.165, 1.54) is 12.1 Å². The number of hydrogen-bond donors (Lipinski definition) is 1. The standard InChI is InChI=1S/C14H18FN3/c1-3-4-8-16-14-17-11(2)10-18(14)13-7-5-6-12(15)9-13/h5-7,9-10H,3-4,8H2,1-2H3,(H,16,17). The summed E-state index contributed by atoms with van der Waals surface area (Å²) in [6.07, 6.45) is 4.13. The Morgan fingerprint density at radius 1 is 1.39 bits per heavy atom. The van der Waals surface area contributed by atoms with Gasteiger partial charge in [-0.2, -0.15) is 0 Å². The minimum atomic E-state index is -0.238. The number of benzene rings is 1. The molecule has 0 unspecified atom stereocenters. The van der Waals surface area contributed by atoms with Gasteiger partial charge in [0, 0.05) is 12.7 Å². The number of anilines is 1.